The summed E-state index contributed by atoms with van der Waals surface area (Å²) < 4.78 is 7.03. The lowest BCUT2D eigenvalue weighted by Crippen LogP contribution is -2.53. The molecule has 0 spiro atoms. The Labute approximate surface area is 230 Å². The van der Waals surface area contributed by atoms with Crippen LogP contribution < -0.4 is 10.6 Å². The minimum atomic E-state index is -0.427. The minimum absolute atomic E-state index is 0.00759. The number of benzene rings is 2. The Hall–Kier alpha value is -3.65. The van der Waals surface area contributed by atoms with Crippen LogP contribution in [0, 0.1) is 0 Å². The van der Waals surface area contributed by atoms with Gasteiger partial charge in [-0.15, -0.1) is 0 Å². The first kappa shape index (κ1) is 26.9. The quantitative estimate of drug-likeness (QED) is 0.437. The molecule has 3 atom stereocenters. The maximum atomic E-state index is 14.2. The lowest BCUT2D eigenvalue weighted by Gasteiger charge is -2.36. The molecule has 2 heterocycles. The molecule has 2 aromatic carbocycles. The van der Waals surface area contributed by atoms with Gasteiger partial charge in [0.15, 0.2) is 5.69 Å². The summed E-state index contributed by atoms with van der Waals surface area (Å²) in [5, 5.41) is 6.51. The molecule has 0 bridgehead atoms. The van der Waals surface area contributed by atoms with Crippen LogP contribution >= 0.6 is 0 Å². The summed E-state index contributed by atoms with van der Waals surface area (Å²) in [5.41, 5.74) is 3.59. The maximum Gasteiger partial charge on any atom is 0.407 e. The molecule has 8 heteroatoms. The van der Waals surface area contributed by atoms with Crippen LogP contribution in [-0.2, 0) is 11.2 Å². The molecule has 206 valence electrons. The van der Waals surface area contributed by atoms with Crippen LogP contribution in [0.4, 0.5) is 4.79 Å². The molecular weight excluding hydrogens is 490 g/mol. The number of hydrogen-bond acceptors (Lipinski definition) is 5. The summed E-state index contributed by atoms with van der Waals surface area (Å²) in [6.45, 7) is 2.22. The highest BCUT2D eigenvalue weighted by Gasteiger charge is 2.35. The average molecular weight is 530 g/mol. The van der Waals surface area contributed by atoms with Crippen LogP contribution in [-0.4, -0.2) is 65.3 Å². The molecule has 1 saturated carbocycles. The minimum Gasteiger partial charge on any atom is -0.453 e. The van der Waals surface area contributed by atoms with Gasteiger partial charge in [0.05, 0.1) is 31.2 Å². The highest BCUT2D eigenvalue weighted by Crippen LogP contribution is 2.35. The second-order valence-electron chi connectivity index (χ2n) is 10.5. The number of ether oxygens (including phenoxy) is 1. The van der Waals surface area contributed by atoms with Crippen molar-refractivity contribution in [1.29, 1.82) is 0 Å². The van der Waals surface area contributed by atoms with Crippen molar-refractivity contribution in [2.75, 3.05) is 26.7 Å². The van der Waals surface area contributed by atoms with E-state index in [1.807, 2.05) is 41.3 Å². The van der Waals surface area contributed by atoms with Gasteiger partial charge in [-0.25, -0.2) is 9.78 Å². The van der Waals surface area contributed by atoms with Gasteiger partial charge in [-0.3, -0.25) is 4.79 Å². The highest BCUT2D eigenvalue weighted by molar-refractivity contribution is 5.98. The van der Waals surface area contributed by atoms with E-state index in [-0.39, 0.29) is 24.0 Å². The van der Waals surface area contributed by atoms with Crippen molar-refractivity contribution in [3.8, 4) is 11.3 Å². The van der Waals surface area contributed by atoms with Gasteiger partial charge in [0.1, 0.15) is 0 Å². The Bertz CT molecular complexity index is 1230. The summed E-state index contributed by atoms with van der Waals surface area (Å²) in [6.07, 6.45) is 8.17. The predicted octanol–water partition coefficient (Wildman–Crippen LogP) is 4.83. The van der Waals surface area contributed by atoms with Crippen LogP contribution in [0.2, 0.25) is 0 Å². The number of rotatable bonds is 8. The van der Waals surface area contributed by atoms with Gasteiger partial charge in [0.2, 0.25) is 0 Å². The largest absolute Gasteiger partial charge is 0.453 e. The van der Waals surface area contributed by atoms with Gasteiger partial charge in [0.25, 0.3) is 5.91 Å². The summed E-state index contributed by atoms with van der Waals surface area (Å²) >= 11 is 0. The van der Waals surface area contributed by atoms with Crippen molar-refractivity contribution in [2.45, 2.75) is 63.1 Å². The van der Waals surface area contributed by atoms with Crippen LogP contribution in [0.1, 0.15) is 60.6 Å². The number of methoxy groups -OCH3 is 1. The molecule has 5 rings (SSSR count). The molecule has 1 aliphatic carbocycles. The van der Waals surface area contributed by atoms with Crippen molar-refractivity contribution < 1.29 is 14.3 Å². The molecule has 1 saturated heterocycles. The molecule has 8 nitrogen and oxygen atoms in total. The van der Waals surface area contributed by atoms with E-state index in [1.54, 1.807) is 6.33 Å². The number of nitrogens with one attached hydrogen (secondary N) is 2. The molecule has 39 heavy (non-hydrogen) atoms. The monoisotopic (exact) mass is 529 g/mol. The van der Waals surface area contributed by atoms with Crippen LogP contribution in [0.15, 0.2) is 67.0 Å². The molecule has 2 N–H and O–H groups in total. The summed E-state index contributed by atoms with van der Waals surface area (Å²) in [5.74, 6) is -0.0212. The fourth-order valence-corrected chi connectivity index (χ4v) is 6.08. The standard InChI is InChI=1S/C31H39N5O3/c1-39-31(38)34-26-17-8-9-18-27(26)36-22-33-28(29(36)24-14-6-3-7-15-24)30(37)35-20-19-32-21-25(35)16-10-13-23-11-4-2-5-12-23/h2-7,11-12,14-15,22,25-27,32H,8-10,13,16-21H2,1H3,(H,34,38)/t25-,26+,27+/m1/s1. The average Bonchev–Trinajstić information content (AvgIpc) is 3.43. The third-order valence-electron chi connectivity index (χ3n) is 8.08. The third kappa shape index (κ3) is 6.33. The van der Waals surface area contributed by atoms with E-state index in [4.69, 9.17) is 9.72 Å². The van der Waals surface area contributed by atoms with Gasteiger partial charge in [0, 0.05) is 31.2 Å². The van der Waals surface area contributed by atoms with E-state index >= 15 is 0 Å². The predicted molar refractivity (Wildman–Crippen MR) is 152 cm³/mol. The second-order valence-corrected chi connectivity index (χ2v) is 10.5. The van der Waals surface area contributed by atoms with Crippen molar-refractivity contribution in [3.05, 3.63) is 78.2 Å². The molecule has 2 fully saturated rings. The first-order valence-electron chi connectivity index (χ1n) is 14.2. The van der Waals surface area contributed by atoms with Crippen molar-refractivity contribution in [3.63, 3.8) is 0 Å². The number of aromatic nitrogens is 2. The molecule has 2 amide bonds. The Morgan fingerprint density at radius 3 is 2.56 bits per heavy atom. The number of nitrogens with zero attached hydrogens (tertiary/aromatic N) is 3. The van der Waals surface area contributed by atoms with Gasteiger partial charge < -0.3 is 24.8 Å². The normalized spacial score (nSPS) is 21.4. The SMILES string of the molecule is COC(=O)N[C@H]1CCCC[C@@H]1n1cnc(C(=O)N2CCNC[C@H]2CCCc2ccccc2)c1-c1ccccc1. The molecule has 0 unspecified atom stereocenters. The zero-order chi connectivity index (χ0) is 27.0. The number of piperazine rings is 1. The molecule has 1 aromatic heterocycles. The number of carbonyl (C=O) groups is 2. The second kappa shape index (κ2) is 12.9. The zero-order valence-corrected chi connectivity index (χ0v) is 22.7. The zero-order valence-electron chi connectivity index (χ0n) is 22.7. The number of amides is 2. The Morgan fingerprint density at radius 1 is 1.05 bits per heavy atom. The van der Waals surface area contributed by atoms with Gasteiger partial charge in [-0.1, -0.05) is 73.5 Å². The van der Waals surface area contributed by atoms with Crippen molar-refractivity contribution in [2.24, 2.45) is 0 Å². The molecule has 3 aromatic rings. The Balaban J connectivity index is 1.42. The summed E-state index contributed by atoms with van der Waals surface area (Å²) in [6, 6.07) is 20.6. The van der Waals surface area contributed by atoms with E-state index in [9.17, 15) is 9.59 Å². The van der Waals surface area contributed by atoms with E-state index in [1.165, 1.54) is 12.7 Å². The van der Waals surface area contributed by atoms with Gasteiger partial charge in [-0.05, 0) is 37.7 Å². The fourth-order valence-electron chi connectivity index (χ4n) is 6.08. The molecular formula is C31H39N5O3. The smallest absolute Gasteiger partial charge is 0.407 e. The highest BCUT2D eigenvalue weighted by atomic mass is 16.5. The lowest BCUT2D eigenvalue weighted by molar-refractivity contribution is 0.0618. The lowest BCUT2D eigenvalue weighted by atomic mass is 9.89. The molecule has 1 aliphatic heterocycles. The first-order chi connectivity index (χ1) is 19.2. The first-order valence-corrected chi connectivity index (χ1v) is 14.2. The Kier molecular flexibility index (Phi) is 8.93. The van der Waals surface area contributed by atoms with Gasteiger partial charge >= 0.3 is 6.09 Å². The number of imidazole rings is 1. The molecule has 0 radical (unpaired) electrons. The number of carbonyl (C=O) groups excluding carboxylic acids is 2. The van der Waals surface area contributed by atoms with Crippen molar-refractivity contribution in [1.82, 2.24) is 25.1 Å². The van der Waals surface area contributed by atoms with Crippen LogP contribution in [0.5, 0.6) is 0 Å². The summed E-state index contributed by atoms with van der Waals surface area (Å²) in [7, 11) is 1.39. The topological polar surface area (TPSA) is 88.5 Å². The van der Waals surface area contributed by atoms with E-state index in [2.05, 4.69) is 39.5 Å². The van der Waals surface area contributed by atoms with E-state index in [0.717, 1.165) is 69.3 Å². The van der Waals surface area contributed by atoms with Crippen molar-refractivity contribution >= 4 is 12.0 Å². The van der Waals surface area contributed by atoms with Crippen LogP contribution in [0.25, 0.3) is 11.3 Å². The van der Waals surface area contributed by atoms with E-state index in [0.29, 0.717) is 12.2 Å². The summed E-state index contributed by atoms with van der Waals surface area (Å²) in [4.78, 5) is 33.1. The number of alkyl carbamates (subject to hydrolysis) is 1. The molecule has 2 aliphatic rings. The Morgan fingerprint density at radius 2 is 1.79 bits per heavy atom. The number of aryl methyl sites for hydroxylation is 1. The van der Waals surface area contributed by atoms with Gasteiger partial charge in [-0.2, -0.15) is 0 Å². The van der Waals surface area contributed by atoms with Crippen LogP contribution in [0.3, 0.4) is 0 Å². The van der Waals surface area contributed by atoms with E-state index < -0.39 is 6.09 Å². The maximum absolute atomic E-state index is 14.2. The fraction of sp³-hybridized carbons (Fsp3) is 0.452. The number of hydrogen-bond donors (Lipinski definition) is 2. The third-order valence-corrected chi connectivity index (χ3v) is 8.08.